The summed E-state index contributed by atoms with van der Waals surface area (Å²) in [6.07, 6.45) is 0.793. The molecule has 0 atom stereocenters. The molecule has 1 aromatic carbocycles. The van der Waals surface area contributed by atoms with E-state index in [9.17, 15) is 18.0 Å². The lowest BCUT2D eigenvalue weighted by atomic mass is 9.89. The normalized spacial score (nSPS) is 15.8. The molecule has 140 valence electrons. The van der Waals surface area contributed by atoms with Crippen molar-refractivity contribution in [2.75, 3.05) is 5.32 Å². The molecule has 0 bridgehead atoms. The lowest BCUT2D eigenvalue weighted by Crippen LogP contribution is -2.24. The van der Waals surface area contributed by atoms with Gasteiger partial charge in [0.25, 0.3) is 0 Å². The van der Waals surface area contributed by atoms with E-state index in [2.05, 4.69) is 15.5 Å². The number of nitrogens with zero attached hydrogens (tertiary/aromatic N) is 2. The molecule has 0 radical (unpaired) electrons. The number of halogens is 3. The van der Waals surface area contributed by atoms with Crippen LogP contribution in [0, 0.1) is 5.92 Å². The first-order valence-corrected chi connectivity index (χ1v) is 10.2. The van der Waals surface area contributed by atoms with E-state index in [4.69, 9.17) is 0 Å². The summed E-state index contributed by atoms with van der Waals surface area (Å²) < 4.78 is 38.8. The summed E-state index contributed by atoms with van der Waals surface area (Å²) in [5, 5.41) is 11.2. The number of benzene rings is 1. The lowest BCUT2D eigenvalue weighted by Gasteiger charge is -2.19. The number of hydrogen-bond acceptors (Lipinski definition) is 5. The molecule has 1 N–H and O–H groups in total. The fourth-order valence-electron chi connectivity index (χ4n) is 2.87. The topological polar surface area (TPSA) is 54.9 Å². The Hall–Kier alpha value is -1.61. The summed E-state index contributed by atoms with van der Waals surface area (Å²) in [6, 6.07) is 5.24. The number of nitrogens with one attached hydrogen (secondary N) is 1. The fourth-order valence-corrected chi connectivity index (χ4v) is 4.57. The molecule has 0 spiro atoms. The maximum atomic E-state index is 12.7. The van der Waals surface area contributed by atoms with E-state index in [-0.39, 0.29) is 11.8 Å². The van der Waals surface area contributed by atoms with E-state index in [1.807, 2.05) is 0 Å². The van der Waals surface area contributed by atoms with Crippen molar-refractivity contribution in [3.8, 4) is 0 Å². The van der Waals surface area contributed by atoms with Crippen LogP contribution in [0.2, 0.25) is 0 Å². The standard InChI is InChI=1S/C17H18F3N3OS2/c18-17(19,20)13-8-4-5-11(9-13)10-25-16-23-22-15(26-16)21-14(24)12-6-2-1-3-7-12/h4-5,8-9,12H,1-3,6-7,10H2,(H,21,22,24). The molecule has 1 heterocycles. The second-order valence-corrected chi connectivity index (χ2v) is 8.38. The van der Waals surface area contributed by atoms with Crippen molar-refractivity contribution in [3.63, 3.8) is 0 Å². The summed E-state index contributed by atoms with van der Waals surface area (Å²) in [5.74, 6) is 0.374. The molecule has 2 aromatic rings. The molecular formula is C17H18F3N3OS2. The minimum atomic E-state index is -4.35. The third kappa shape index (κ3) is 5.20. The van der Waals surface area contributed by atoms with Crippen LogP contribution in [0.15, 0.2) is 28.6 Å². The predicted octanol–water partition coefficient (Wildman–Crippen LogP) is 5.37. The number of hydrogen-bond donors (Lipinski definition) is 1. The average molecular weight is 401 g/mol. The van der Waals surface area contributed by atoms with Crippen molar-refractivity contribution < 1.29 is 18.0 Å². The van der Waals surface area contributed by atoms with Gasteiger partial charge in [0.15, 0.2) is 4.34 Å². The number of amides is 1. The highest BCUT2D eigenvalue weighted by molar-refractivity contribution is 8.00. The molecular weight excluding hydrogens is 383 g/mol. The third-order valence-corrected chi connectivity index (χ3v) is 6.27. The van der Waals surface area contributed by atoms with E-state index in [1.54, 1.807) is 6.07 Å². The Labute approximate surface area is 157 Å². The number of aromatic nitrogens is 2. The second-order valence-electron chi connectivity index (χ2n) is 6.18. The van der Waals surface area contributed by atoms with Gasteiger partial charge in [0, 0.05) is 11.7 Å². The lowest BCUT2D eigenvalue weighted by molar-refractivity contribution is -0.137. The molecule has 3 rings (SSSR count). The summed E-state index contributed by atoms with van der Waals surface area (Å²) in [4.78, 5) is 12.2. The van der Waals surface area contributed by atoms with E-state index in [0.29, 0.717) is 20.8 Å². The van der Waals surface area contributed by atoms with Crippen LogP contribution in [-0.4, -0.2) is 16.1 Å². The summed E-state index contributed by atoms with van der Waals surface area (Å²) >= 11 is 2.54. The van der Waals surface area contributed by atoms with Gasteiger partial charge >= 0.3 is 6.18 Å². The molecule has 1 aliphatic carbocycles. The molecule has 4 nitrogen and oxygen atoms in total. The van der Waals surface area contributed by atoms with Gasteiger partial charge in [-0.25, -0.2) is 0 Å². The zero-order chi connectivity index (χ0) is 18.6. The Kier molecular flexibility index (Phi) is 6.18. The Morgan fingerprint density at radius 2 is 2.00 bits per heavy atom. The van der Waals surface area contributed by atoms with Gasteiger partial charge < -0.3 is 5.32 Å². The van der Waals surface area contributed by atoms with Crippen molar-refractivity contribution in [2.24, 2.45) is 5.92 Å². The van der Waals surface area contributed by atoms with Crippen LogP contribution >= 0.6 is 23.1 Å². The van der Waals surface area contributed by atoms with Crippen molar-refractivity contribution in [1.82, 2.24) is 10.2 Å². The van der Waals surface area contributed by atoms with Crippen LogP contribution in [-0.2, 0) is 16.7 Å². The zero-order valence-corrected chi connectivity index (χ0v) is 15.5. The number of thioether (sulfide) groups is 1. The maximum absolute atomic E-state index is 12.7. The Morgan fingerprint density at radius 1 is 1.23 bits per heavy atom. The van der Waals surface area contributed by atoms with E-state index in [1.165, 1.54) is 35.6 Å². The van der Waals surface area contributed by atoms with Crippen molar-refractivity contribution in [2.45, 2.75) is 48.4 Å². The molecule has 1 amide bonds. The molecule has 0 saturated heterocycles. The SMILES string of the molecule is O=C(Nc1nnc(SCc2cccc(C(F)(F)F)c2)s1)C1CCCCC1. The van der Waals surface area contributed by atoms with E-state index in [0.717, 1.165) is 37.8 Å². The number of carbonyl (C=O) groups is 1. The van der Waals surface area contributed by atoms with Gasteiger partial charge in [0.05, 0.1) is 5.56 Å². The molecule has 1 saturated carbocycles. The summed E-state index contributed by atoms with van der Waals surface area (Å²) in [6.45, 7) is 0. The van der Waals surface area contributed by atoms with Crippen LogP contribution in [0.4, 0.5) is 18.3 Å². The smallest absolute Gasteiger partial charge is 0.300 e. The van der Waals surface area contributed by atoms with Crippen LogP contribution in [0.25, 0.3) is 0 Å². The number of alkyl halides is 3. The minimum absolute atomic E-state index is 0.0183. The van der Waals surface area contributed by atoms with Gasteiger partial charge in [-0.15, -0.1) is 10.2 Å². The molecule has 1 aliphatic rings. The molecule has 9 heteroatoms. The zero-order valence-electron chi connectivity index (χ0n) is 13.9. The fraction of sp³-hybridized carbons (Fsp3) is 0.471. The van der Waals surface area contributed by atoms with Gasteiger partial charge in [-0.1, -0.05) is 60.6 Å². The number of carbonyl (C=O) groups excluding carboxylic acids is 1. The minimum Gasteiger partial charge on any atom is -0.300 e. The highest BCUT2D eigenvalue weighted by atomic mass is 32.2. The number of rotatable bonds is 5. The molecule has 1 fully saturated rings. The van der Waals surface area contributed by atoms with Crippen LogP contribution < -0.4 is 5.32 Å². The first-order valence-electron chi connectivity index (χ1n) is 8.35. The van der Waals surface area contributed by atoms with Gasteiger partial charge in [0.1, 0.15) is 0 Å². The van der Waals surface area contributed by atoms with Gasteiger partial charge in [-0.2, -0.15) is 13.2 Å². The third-order valence-electron chi connectivity index (χ3n) is 4.23. The molecule has 26 heavy (non-hydrogen) atoms. The van der Waals surface area contributed by atoms with Gasteiger partial charge in [0.2, 0.25) is 11.0 Å². The Morgan fingerprint density at radius 3 is 2.73 bits per heavy atom. The van der Waals surface area contributed by atoms with Crippen molar-refractivity contribution in [3.05, 3.63) is 35.4 Å². The Bertz CT molecular complexity index is 758. The predicted molar refractivity (Wildman–Crippen MR) is 96.1 cm³/mol. The average Bonchev–Trinajstić information content (AvgIpc) is 3.07. The van der Waals surface area contributed by atoms with E-state index < -0.39 is 11.7 Å². The highest BCUT2D eigenvalue weighted by Gasteiger charge is 2.30. The first kappa shape index (κ1) is 19.2. The summed E-state index contributed by atoms with van der Waals surface area (Å²) in [7, 11) is 0. The van der Waals surface area contributed by atoms with Crippen molar-refractivity contribution in [1.29, 1.82) is 0 Å². The Balaban J connectivity index is 1.54. The molecule has 0 unspecified atom stereocenters. The number of anilines is 1. The first-order chi connectivity index (χ1) is 12.4. The quantitative estimate of drug-likeness (QED) is 0.541. The van der Waals surface area contributed by atoms with Gasteiger partial charge in [-0.05, 0) is 24.5 Å². The van der Waals surface area contributed by atoms with E-state index >= 15 is 0 Å². The van der Waals surface area contributed by atoms with Crippen LogP contribution in [0.1, 0.15) is 43.2 Å². The largest absolute Gasteiger partial charge is 0.416 e. The maximum Gasteiger partial charge on any atom is 0.416 e. The monoisotopic (exact) mass is 401 g/mol. The van der Waals surface area contributed by atoms with Crippen LogP contribution in [0.5, 0.6) is 0 Å². The van der Waals surface area contributed by atoms with Gasteiger partial charge in [-0.3, -0.25) is 4.79 Å². The second kappa shape index (κ2) is 8.39. The summed E-state index contributed by atoms with van der Waals surface area (Å²) in [5.41, 5.74) is -0.0962. The molecule has 1 aromatic heterocycles. The van der Waals surface area contributed by atoms with Crippen molar-refractivity contribution >= 4 is 34.1 Å². The van der Waals surface area contributed by atoms with Crippen LogP contribution in [0.3, 0.4) is 0 Å². The molecule has 0 aliphatic heterocycles. The highest BCUT2D eigenvalue weighted by Crippen LogP contribution is 2.33.